The summed E-state index contributed by atoms with van der Waals surface area (Å²) in [4.78, 5) is 2.28. The number of nitrogens with zero attached hydrogens (tertiary/aromatic N) is 1. The maximum Gasteiger partial charge on any atom is 0.119 e. The maximum atomic E-state index is 10.1. The van der Waals surface area contributed by atoms with Gasteiger partial charge >= 0.3 is 0 Å². The van der Waals surface area contributed by atoms with Gasteiger partial charge in [-0.2, -0.15) is 0 Å². The minimum Gasteiger partial charge on any atom is -0.491 e. The van der Waals surface area contributed by atoms with Crippen molar-refractivity contribution >= 4 is 11.6 Å². The average molecular weight is 300 g/mol. The summed E-state index contributed by atoms with van der Waals surface area (Å²) in [5, 5.41) is 10.8. The second kappa shape index (κ2) is 7.84. The monoisotopic (exact) mass is 299 g/mol. The number of halogens is 1. The van der Waals surface area contributed by atoms with Crippen LogP contribution in [0.1, 0.15) is 12.8 Å². The molecule has 2 unspecified atom stereocenters. The van der Waals surface area contributed by atoms with E-state index in [1.54, 1.807) is 31.4 Å². The minimum atomic E-state index is -0.497. The van der Waals surface area contributed by atoms with E-state index in [2.05, 4.69) is 4.90 Å². The third-order valence-corrected chi connectivity index (χ3v) is 3.81. The molecule has 1 fully saturated rings. The van der Waals surface area contributed by atoms with Crippen LogP contribution in [-0.4, -0.2) is 55.6 Å². The zero-order valence-corrected chi connectivity index (χ0v) is 12.6. The smallest absolute Gasteiger partial charge is 0.119 e. The molecule has 0 radical (unpaired) electrons. The Morgan fingerprint density at radius 3 is 2.85 bits per heavy atom. The Labute approximate surface area is 125 Å². The number of ether oxygens (including phenoxy) is 2. The third-order valence-electron chi connectivity index (χ3n) is 3.56. The van der Waals surface area contributed by atoms with Gasteiger partial charge in [0, 0.05) is 24.7 Å². The summed E-state index contributed by atoms with van der Waals surface area (Å²) < 4.78 is 10.8. The Bertz CT molecular complexity index is 399. The van der Waals surface area contributed by atoms with Crippen LogP contribution < -0.4 is 4.74 Å². The number of aliphatic hydroxyl groups excluding tert-OH is 1. The number of benzene rings is 1. The summed E-state index contributed by atoms with van der Waals surface area (Å²) in [6, 6.07) is 7.58. The largest absolute Gasteiger partial charge is 0.491 e. The van der Waals surface area contributed by atoms with Crippen LogP contribution in [0.5, 0.6) is 5.75 Å². The lowest BCUT2D eigenvalue weighted by Crippen LogP contribution is -2.40. The van der Waals surface area contributed by atoms with E-state index >= 15 is 0 Å². The summed E-state index contributed by atoms with van der Waals surface area (Å²) in [5.41, 5.74) is 0. The molecule has 1 aromatic rings. The van der Waals surface area contributed by atoms with Gasteiger partial charge < -0.3 is 14.6 Å². The molecule has 4 nitrogen and oxygen atoms in total. The highest BCUT2D eigenvalue weighted by Crippen LogP contribution is 2.18. The van der Waals surface area contributed by atoms with E-state index in [9.17, 15) is 5.11 Å². The molecule has 0 aromatic heterocycles. The van der Waals surface area contributed by atoms with E-state index in [0.29, 0.717) is 17.6 Å². The van der Waals surface area contributed by atoms with Gasteiger partial charge in [-0.1, -0.05) is 11.6 Å². The van der Waals surface area contributed by atoms with E-state index in [4.69, 9.17) is 21.1 Å². The van der Waals surface area contributed by atoms with Crippen LogP contribution in [-0.2, 0) is 4.74 Å². The van der Waals surface area contributed by atoms with Crippen LogP contribution in [0.15, 0.2) is 24.3 Å². The molecule has 20 heavy (non-hydrogen) atoms. The number of rotatable bonds is 7. The summed E-state index contributed by atoms with van der Waals surface area (Å²) >= 11 is 5.81. The molecule has 2 atom stereocenters. The minimum absolute atomic E-state index is 0.290. The first kappa shape index (κ1) is 15.6. The van der Waals surface area contributed by atoms with E-state index < -0.39 is 6.10 Å². The summed E-state index contributed by atoms with van der Waals surface area (Å²) in [6.07, 6.45) is 1.81. The van der Waals surface area contributed by atoms with Crippen molar-refractivity contribution in [3.8, 4) is 5.75 Å². The molecule has 0 aliphatic carbocycles. The van der Waals surface area contributed by atoms with Gasteiger partial charge in [-0.15, -0.1) is 0 Å². The average Bonchev–Trinajstić information content (AvgIpc) is 2.86. The van der Waals surface area contributed by atoms with E-state index in [-0.39, 0.29) is 6.61 Å². The number of hydrogen-bond donors (Lipinski definition) is 1. The van der Waals surface area contributed by atoms with E-state index in [1.807, 2.05) is 0 Å². The van der Waals surface area contributed by atoms with Gasteiger partial charge in [-0.05, 0) is 43.7 Å². The second-order valence-corrected chi connectivity index (χ2v) is 5.60. The van der Waals surface area contributed by atoms with Crippen molar-refractivity contribution in [3.63, 3.8) is 0 Å². The third kappa shape index (κ3) is 4.63. The first-order valence-electron chi connectivity index (χ1n) is 6.98. The maximum absolute atomic E-state index is 10.1. The Balaban J connectivity index is 1.74. The predicted octanol–water partition coefficient (Wildman–Crippen LogP) is 2.19. The Hall–Kier alpha value is -0.810. The molecule has 112 valence electrons. The Morgan fingerprint density at radius 2 is 2.15 bits per heavy atom. The molecule has 0 saturated carbocycles. The van der Waals surface area contributed by atoms with Crippen LogP contribution in [0.2, 0.25) is 5.02 Å². The van der Waals surface area contributed by atoms with Crippen LogP contribution >= 0.6 is 11.6 Å². The van der Waals surface area contributed by atoms with E-state index in [0.717, 1.165) is 25.3 Å². The van der Waals surface area contributed by atoms with Crippen molar-refractivity contribution in [1.29, 1.82) is 0 Å². The molecular weight excluding hydrogens is 278 g/mol. The lowest BCUT2D eigenvalue weighted by Gasteiger charge is -2.26. The van der Waals surface area contributed by atoms with Crippen molar-refractivity contribution in [2.75, 3.05) is 33.4 Å². The molecule has 1 aliphatic heterocycles. The second-order valence-electron chi connectivity index (χ2n) is 5.17. The van der Waals surface area contributed by atoms with Crippen molar-refractivity contribution < 1.29 is 14.6 Å². The molecule has 1 aromatic carbocycles. The van der Waals surface area contributed by atoms with Gasteiger partial charge in [0.25, 0.3) is 0 Å². The van der Waals surface area contributed by atoms with Crippen molar-refractivity contribution in [3.05, 3.63) is 29.3 Å². The van der Waals surface area contributed by atoms with E-state index in [1.165, 1.54) is 6.42 Å². The predicted molar refractivity (Wildman–Crippen MR) is 79.4 cm³/mol. The molecule has 1 N–H and O–H groups in total. The van der Waals surface area contributed by atoms with Crippen LogP contribution in [0.4, 0.5) is 0 Å². The zero-order chi connectivity index (χ0) is 14.4. The molecule has 0 amide bonds. The fraction of sp³-hybridized carbons (Fsp3) is 0.600. The molecule has 5 heteroatoms. The Kier molecular flexibility index (Phi) is 6.10. The highest BCUT2D eigenvalue weighted by Gasteiger charge is 2.26. The molecule has 0 bridgehead atoms. The number of β-amino-alcohol motifs (C(OH)–C–C–N with tert-alkyl or cyclic N) is 1. The van der Waals surface area contributed by atoms with Crippen molar-refractivity contribution in [1.82, 2.24) is 4.90 Å². The molecule has 2 rings (SSSR count). The van der Waals surface area contributed by atoms with Gasteiger partial charge in [0.05, 0.1) is 6.61 Å². The number of likely N-dealkylation sites (tertiary alicyclic amines) is 1. The fourth-order valence-electron chi connectivity index (χ4n) is 2.56. The first-order chi connectivity index (χ1) is 9.69. The lowest BCUT2D eigenvalue weighted by atomic mass is 10.2. The molecule has 1 heterocycles. The SMILES string of the molecule is COCC1CCCN1CC(O)COc1ccc(Cl)cc1. The van der Waals surface area contributed by atoms with Crippen LogP contribution in [0, 0.1) is 0 Å². The zero-order valence-electron chi connectivity index (χ0n) is 11.8. The Morgan fingerprint density at radius 1 is 1.40 bits per heavy atom. The number of hydrogen-bond acceptors (Lipinski definition) is 4. The van der Waals surface area contributed by atoms with Gasteiger partial charge in [-0.25, -0.2) is 0 Å². The topological polar surface area (TPSA) is 41.9 Å². The quantitative estimate of drug-likeness (QED) is 0.838. The molecule has 1 saturated heterocycles. The van der Waals surface area contributed by atoms with Crippen molar-refractivity contribution in [2.24, 2.45) is 0 Å². The first-order valence-corrected chi connectivity index (χ1v) is 7.36. The summed E-state index contributed by atoms with van der Waals surface area (Å²) in [5.74, 6) is 0.725. The molecule has 0 spiro atoms. The highest BCUT2D eigenvalue weighted by molar-refractivity contribution is 6.30. The molecule has 1 aliphatic rings. The van der Waals surface area contributed by atoms with Gasteiger partial charge in [0.1, 0.15) is 18.5 Å². The fourth-order valence-corrected chi connectivity index (χ4v) is 2.69. The normalized spacial score (nSPS) is 21.1. The summed E-state index contributed by atoms with van der Waals surface area (Å²) in [6.45, 7) is 2.66. The number of aliphatic hydroxyl groups is 1. The van der Waals surface area contributed by atoms with Gasteiger partial charge in [0.2, 0.25) is 0 Å². The van der Waals surface area contributed by atoms with Crippen LogP contribution in [0.25, 0.3) is 0 Å². The number of methoxy groups -OCH3 is 1. The molecular formula is C15H22ClNO3. The van der Waals surface area contributed by atoms with Gasteiger partial charge in [-0.3, -0.25) is 4.90 Å². The van der Waals surface area contributed by atoms with Gasteiger partial charge in [0.15, 0.2) is 0 Å². The standard InChI is InChI=1S/C15H22ClNO3/c1-19-10-13-3-2-8-17(13)9-14(18)11-20-15-6-4-12(16)5-7-15/h4-7,13-14,18H,2-3,8-11H2,1H3. The van der Waals surface area contributed by atoms with Crippen LogP contribution in [0.3, 0.4) is 0 Å². The highest BCUT2D eigenvalue weighted by atomic mass is 35.5. The lowest BCUT2D eigenvalue weighted by molar-refractivity contribution is 0.0459. The van der Waals surface area contributed by atoms with Crippen molar-refractivity contribution in [2.45, 2.75) is 25.0 Å². The summed E-state index contributed by atoms with van der Waals surface area (Å²) in [7, 11) is 1.72.